The molecule has 0 bridgehead atoms. The summed E-state index contributed by atoms with van der Waals surface area (Å²) in [7, 11) is 0. The van der Waals surface area contributed by atoms with Gasteiger partial charge >= 0.3 is 0 Å². The van der Waals surface area contributed by atoms with Crippen molar-refractivity contribution in [1.82, 2.24) is 0 Å². The summed E-state index contributed by atoms with van der Waals surface area (Å²) in [4.78, 5) is 12.8. The van der Waals surface area contributed by atoms with Crippen molar-refractivity contribution >= 4 is 11.0 Å². The summed E-state index contributed by atoms with van der Waals surface area (Å²) in [6.45, 7) is 6.79. The molecule has 0 saturated heterocycles. The maximum Gasteiger partial charge on any atom is 0.200 e. The van der Waals surface area contributed by atoms with Crippen LogP contribution in [0.4, 0.5) is 0 Å². The van der Waals surface area contributed by atoms with E-state index >= 15 is 0 Å². The zero-order valence-corrected chi connectivity index (χ0v) is 17.1. The number of hydrogen-bond acceptors (Lipinski definition) is 4. The summed E-state index contributed by atoms with van der Waals surface area (Å²) in [5, 5.41) is 9.92. The van der Waals surface area contributed by atoms with E-state index in [4.69, 9.17) is 9.15 Å². The maximum absolute atomic E-state index is 12.8. The molecule has 4 heteroatoms. The smallest absolute Gasteiger partial charge is 0.200 e. The third-order valence-corrected chi connectivity index (χ3v) is 4.70. The predicted octanol–water partition coefficient (Wildman–Crippen LogP) is 6.24. The van der Waals surface area contributed by atoms with Crippen LogP contribution in [0.15, 0.2) is 81.2 Å². The first-order chi connectivity index (χ1) is 13.9. The molecule has 1 N–H and O–H groups in total. The molecular weight excluding hydrogens is 364 g/mol. The average molecular weight is 390 g/mol. The van der Waals surface area contributed by atoms with Gasteiger partial charge in [0.25, 0.3) is 0 Å². The molecule has 29 heavy (non-hydrogen) atoms. The molecule has 0 saturated carbocycles. The van der Waals surface area contributed by atoms with E-state index in [2.05, 4.69) is 32.9 Å². The standard InChI is InChI=1S/C25H26O4/c1-17(2)5-4-6-18(3)13-14-28-21-11-12-22-24(15-21)29-16-23(25(22)27)19-7-9-20(26)10-8-19/h5,7-13,15-16,26H,4,6,14H2,1-3H3/b18-13+. The minimum atomic E-state index is -0.112. The summed E-state index contributed by atoms with van der Waals surface area (Å²) < 4.78 is 11.5. The summed E-state index contributed by atoms with van der Waals surface area (Å²) in [6, 6.07) is 11.7. The molecule has 0 aliphatic heterocycles. The number of benzene rings is 2. The third-order valence-electron chi connectivity index (χ3n) is 4.70. The molecule has 0 aliphatic carbocycles. The second kappa shape index (κ2) is 9.28. The van der Waals surface area contributed by atoms with Crippen LogP contribution in [0.25, 0.3) is 22.1 Å². The molecule has 0 spiro atoms. The van der Waals surface area contributed by atoms with Crippen molar-refractivity contribution in [2.45, 2.75) is 33.6 Å². The molecule has 0 amide bonds. The Hall–Kier alpha value is -3.27. The zero-order valence-electron chi connectivity index (χ0n) is 17.1. The lowest BCUT2D eigenvalue weighted by Crippen LogP contribution is -2.05. The van der Waals surface area contributed by atoms with Gasteiger partial charge < -0.3 is 14.3 Å². The number of hydrogen-bond donors (Lipinski definition) is 1. The van der Waals surface area contributed by atoms with Crippen molar-refractivity contribution in [3.63, 3.8) is 0 Å². The molecule has 3 aromatic rings. The summed E-state index contributed by atoms with van der Waals surface area (Å²) in [6.07, 6.45) is 7.81. The third kappa shape index (κ3) is 5.38. The van der Waals surface area contributed by atoms with Crippen molar-refractivity contribution < 1.29 is 14.3 Å². The monoisotopic (exact) mass is 390 g/mol. The predicted molar refractivity (Wildman–Crippen MR) is 118 cm³/mol. The van der Waals surface area contributed by atoms with Crippen molar-refractivity contribution in [2.24, 2.45) is 0 Å². The van der Waals surface area contributed by atoms with Crippen LogP contribution in [0.1, 0.15) is 33.6 Å². The Bertz CT molecular complexity index is 1100. The van der Waals surface area contributed by atoms with Gasteiger partial charge in [-0.15, -0.1) is 0 Å². The molecule has 0 radical (unpaired) electrons. The van der Waals surface area contributed by atoms with E-state index in [1.54, 1.807) is 42.5 Å². The normalized spacial score (nSPS) is 11.5. The number of phenolic OH excluding ortho intramolecular Hbond substituents is 1. The van der Waals surface area contributed by atoms with Gasteiger partial charge in [-0.3, -0.25) is 4.79 Å². The van der Waals surface area contributed by atoms with E-state index < -0.39 is 0 Å². The van der Waals surface area contributed by atoms with Gasteiger partial charge in [0.05, 0.1) is 10.9 Å². The van der Waals surface area contributed by atoms with Gasteiger partial charge in [0.15, 0.2) is 5.43 Å². The second-order valence-electron chi connectivity index (χ2n) is 7.36. The van der Waals surface area contributed by atoms with E-state index in [0.717, 1.165) is 12.8 Å². The van der Waals surface area contributed by atoms with E-state index in [-0.39, 0.29) is 11.2 Å². The molecule has 0 fully saturated rings. The number of phenols is 1. The molecule has 3 rings (SSSR count). The number of allylic oxidation sites excluding steroid dienone is 3. The molecule has 0 unspecified atom stereocenters. The Kier molecular flexibility index (Phi) is 6.55. The van der Waals surface area contributed by atoms with E-state index in [1.807, 2.05) is 0 Å². The van der Waals surface area contributed by atoms with Crippen molar-refractivity contribution in [1.29, 1.82) is 0 Å². The van der Waals surface area contributed by atoms with E-state index in [0.29, 0.717) is 34.5 Å². The fourth-order valence-corrected chi connectivity index (χ4v) is 3.01. The topological polar surface area (TPSA) is 59.7 Å². The molecule has 0 aliphatic rings. The Morgan fingerprint density at radius 2 is 1.83 bits per heavy atom. The van der Waals surface area contributed by atoms with Gasteiger partial charge in [-0.05, 0) is 69.5 Å². The molecular formula is C25H26O4. The molecule has 150 valence electrons. The highest BCUT2D eigenvalue weighted by atomic mass is 16.5. The lowest BCUT2D eigenvalue weighted by molar-refractivity contribution is 0.361. The average Bonchev–Trinajstić information content (AvgIpc) is 2.69. The highest BCUT2D eigenvalue weighted by Crippen LogP contribution is 2.24. The van der Waals surface area contributed by atoms with Crippen LogP contribution in [-0.2, 0) is 0 Å². The minimum Gasteiger partial charge on any atom is -0.508 e. The van der Waals surface area contributed by atoms with Gasteiger partial charge in [-0.1, -0.05) is 29.4 Å². The first kappa shape index (κ1) is 20.5. The van der Waals surface area contributed by atoms with Crippen LogP contribution >= 0.6 is 0 Å². The number of rotatable bonds is 7. The highest BCUT2D eigenvalue weighted by molar-refractivity contribution is 5.82. The lowest BCUT2D eigenvalue weighted by Gasteiger charge is -2.07. The van der Waals surface area contributed by atoms with Gasteiger partial charge in [0, 0.05) is 6.07 Å². The van der Waals surface area contributed by atoms with Crippen molar-refractivity contribution in [3.8, 4) is 22.6 Å². The molecule has 4 nitrogen and oxygen atoms in total. The summed E-state index contributed by atoms with van der Waals surface area (Å²) in [5.74, 6) is 0.813. The van der Waals surface area contributed by atoms with Crippen molar-refractivity contribution in [3.05, 3.63) is 82.2 Å². The number of fused-ring (bicyclic) bond motifs is 1. The van der Waals surface area contributed by atoms with Crippen LogP contribution in [0.5, 0.6) is 11.5 Å². The molecule has 0 atom stereocenters. The first-order valence-electron chi connectivity index (χ1n) is 9.71. The lowest BCUT2D eigenvalue weighted by atomic mass is 10.1. The fourth-order valence-electron chi connectivity index (χ4n) is 3.01. The maximum atomic E-state index is 12.8. The summed E-state index contributed by atoms with van der Waals surface area (Å²) in [5.41, 5.74) is 4.15. The molecule has 1 heterocycles. The summed E-state index contributed by atoms with van der Waals surface area (Å²) >= 11 is 0. The second-order valence-corrected chi connectivity index (χ2v) is 7.36. The van der Waals surface area contributed by atoms with Gasteiger partial charge in [0.2, 0.25) is 0 Å². The minimum absolute atomic E-state index is 0.112. The Labute approximate surface area is 170 Å². The van der Waals surface area contributed by atoms with E-state index in [1.165, 1.54) is 17.4 Å². The highest BCUT2D eigenvalue weighted by Gasteiger charge is 2.10. The van der Waals surface area contributed by atoms with Gasteiger partial charge in [0.1, 0.15) is 30.0 Å². The molecule has 2 aromatic carbocycles. The van der Waals surface area contributed by atoms with Gasteiger partial charge in [-0.2, -0.15) is 0 Å². The first-order valence-corrected chi connectivity index (χ1v) is 9.71. The van der Waals surface area contributed by atoms with Crippen LogP contribution in [0.3, 0.4) is 0 Å². The van der Waals surface area contributed by atoms with E-state index in [9.17, 15) is 9.90 Å². The van der Waals surface area contributed by atoms with Crippen LogP contribution in [0.2, 0.25) is 0 Å². The Morgan fingerprint density at radius 3 is 2.55 bits per heavy atom. The Morgan fingerprint density at radius 1 is 1.07 bits per heavy atom. The fraction of sp³-hybridized carbons (Fsp3) is 0.240. The number of ether oxygens (including phenoxy) is 1. The SMILES string of the molecule is CC(C)=CCC/C(C)=C/COc1ccc2c(=O)c(-c3ccc(O)cc3)coc2c1. The quantitative estimate of drug-likeness (QED) is 0.485. The van der Waals surface area contributed by atoms with Crippen molar-refractivity contribution in [2.75, 3.05) is 6.61 Å². The van der Waals surface area contributed by atoms with Gasteiger partial charge in [-0.25, -0.2) is 0 Å². The number of aromatic hydroxyl groups is 1. The van der Waals surface area contributed by atoms with Crippen LogP contribution in [0, 0.1) is 0 Å². The van der Waals surface area contributed by atoms with Crippen LogP contribution < -0.4 is 10.2 Å². The largest absolute Gasteiger partial charge is 0.508 e. The van der Waals surface area contributed by atoms with Crippen LogP contribution in [-0.4, -0.2) is 11.7 Å². The Balaban J connectivity index is 1.72. The zero-order chi connectivity index (χ0) is 20.8. The molecule has 1 aromatic heterocycles.